The number of rotatable bonds is 4. The molecule has 2 aromatic carbocycles. The highest BCUT2D eigenvalue weighted by atomic mass is 35.5. The number of nitrogens with one attached hydrogen (secondary N) is 1. The molecule has 1 saturated heterocycles. The molecule has 1 aliphatic heterocycles. The van der Waals surface area contributed by atoms with E-state index in [-0.39, 0.29) is 17.8 Å². The van der Waals surface area contributed by atoms with Crippen LogP contribution in [0.15, 0.2) is 41.4 Å². The van der Waals surface area contributed by atoms with Crippen molar-refractivity contribution in [2.75, 3.05) is 23.7 Å². The molecule has 1 fully saturated rings. The Bertz CT molecular complexity index is 1320. The number of anilines is 2. The van der Waals surface area contributed by atoms with Gasteiger partial charge >= 0.3 is 0 Å². The number of amides is 1. The van der Waals surface area contributed by atoms with Gasteiger partial charge in [-0.25, -0.2) is 0 Å². The average molecular weight is 472 g/mol. The molecular formula is C21H19Cl2N7O2. The van der Waals surface area contributed by atoms with E-state index < -0.39 is 0 Å². The normalized spacial score (nSPS) is 16.1. The van der Waals surface area contributed by atoms with Crippen LogP contribution in [-0.2, 0) is 0 Å². The molecule has 2 aromatic heterocycles. The zero-order valence-electron chi connectivity index (χ0n) is 17.0. The minimum Gasteiger partial charge on any atom is -0.380 e. The highest BCUT2D eigenvalue weighted by Gasteiger charge is 2.28. The molecule has 0 unspecified atom stereocenters. The SMILES string of the molecule is Cc1cc(N2CC[C@@H](NC(=O)c3ccc(-n4cnnc4)cc3Cl)C2)c2onc(N)c2c1Cl. The van der Waals surface area contributed by atoms with Crippen molar-refractivity contribution >= 4 is 51.6 Å². The quantitative estimate of drug-likeness (QED) is 0.466. The fraction of sp³-hybridized carbons (Fsp3) is 0.238. The zero-order chi connectivity index (χ0) is 22.4. The molecule has 11 heteroatoms. The lowest BCUT2D eigenvalue weighted by atomic mass is 10.1. The number of hydrogen-bond acceptors (Lipinski definition) is 7. The number of hydrogen-bond donors (Lipinski definition) is 2. The molecule has 0 saturated carbocycles. The monoisotopic (exact) mass is 471 g/mol. The summed E-state index contributed by atoms with van der Waals surface area (Å²) in [6, 6.07) is 7.11. The second kappa shape index (κ2) is 7.99. The summed E-state index contributed by atoms with van der Waals surface area (Å²) < 4.78 is 7.17. The summed E-state index contributed by atoms with van der Waals surface area (Å²) in [5.74, 6) is 0.0436. The summed E-state index contributed by atoms with van der Waals surface area (Å²) in [4.78, 5) is 15.0. The Balaban J connectivity index is 1.32. The molecule has 5 rings (SSSR count). The zero-order valence-corrected chi connectivity index (χ0v) is 18.6. The number of carbonyl (C=O) groups is 1. The van der Waals surface area contributed by atoms with Crippen LogP contribution in [0, 0.1) is 6.92 Å². The van der Waals surface area contributed by atoms with Crippen LogP contribution in [0.1, 0.15) is 22.3 Å². The Kier molecular flexibility index (Phi) is 5.15. The standard InChI is InChI=1S/C21H19Cl2N7O2/c1-11-6-16(19-17(18(11)23)20(24)28-32-19)29-5-4-12(8-29)27-21(31)14-3-2-13(7-15(14)22)30-9-25-26-10-30/h2-3,6-7,9-10,12H,4-5,8H2,1H3,(H2,24,28)(H,27,31)/t12-/m1/s1. The predicted octanol–water partition coefficient (Wildman–Crippen LogP) is 3.61. The van der Waals surface area contributed by atoms with Crippen molar-refractivity contribution in [2.24, 2.45) is 0 Å². The van der Waals surface area contributed by atoms with Crippen LogP contribution >= 0.6 is 23.2 Å². The Labute approximate surface area is 193 Å². The number of carbonyl (C=O) groups excluding carboxylic acids is 1. The third kappa shape index (κ3) is 3.53. The van der Waals surface area contributed by atoms with Crippen molar-refractivity contribution in [2.45, 2.75) is 19.4 Å². The molecule has 1 amide bonds. The van der Waals surface area contributed by atoms with E-state index in [1.54, 1.807) is 35.4 Å². The Morgan fingerprint density at radius 3 is 2.78 bits per heavy atom. The number of fused-ring (bicyclic) bond motifs is 1. The summed E-state index contributed by atoms with van der Waals surface area (Å²) in [5, 5.41) is 16.0. The van der Waals surface area contributed by atoms with E-state index in [0.29, 0.717) is 33.1 Å². The molecule has 0 aliphatic carbocycles. The van der Waals surface area contributed by atoms with E-state index in [4.69, 9.17) is 33.5 Å². The molecular weight excluding hydrogens is 453 g/mol. The second-order valence-electron chi connectivity index (χ2n) is 7.74. The lowest BCUT2D eigenvalue weighted by Crippen LogP contribution is -2.37. The molecule has 3 N–H and O–H groups in total. The highest BCUT2D eigenvalue weighted by molar-refractivity contribution is 6.37. The van der Waals surface area contributed by atoms with Crippen LogP contribution in [0.5, 0.6) is 0 Å². The van der Waals surface area contributed by atoms with Gasteiger partial charge in [0, 0.05) is 24.8 Å². The van der Waals surface area contributed by atoms with Gasteiger partial charge in [-0.05, 0) is 43.2 Å². The van der Waals surface area contributed by atoms with Crippen molar-refractivity contribution < 1.29 is 9.32 Å². The van der Waals surface area contributed by atoms with Crippen molar-refractivity contribution in [1.29, 1.82) is 0 Å². The van der Waals surface area contributed by atoms with E-state index in [1.807, 2.05) is 13.0 Å². The van der Waals surface area contributed by atoms with Gasteiger partial charge in [0.05, 0.1) is 26.7 Å². The van der Waals surface area contributed by atoms with Crippen LogP contribution in [0.2, 0.25) is 10.0 Å². The van der Waals surface area contributed by atoms with Crippen LogP contribution in [-0.4, -0.2) is 45.0 Å². The summed E-state index contributed by atoms with van der Waals surface area (Å²) in [6.07, 6.45) is 3.90. The van der Waals surface area contributed by atoms with E-state index >= 15 is 0 Å². The molecule has 164 valence electrons. The maximum Gasteiger partial charge on any atom is 0.253 e. The van der Waals surface area contributed by atoms with Gasteiger partial charge in [0.1, 0.15) is 12.7 Å². The molecule has 1 atom stereocenters. The number of aromatic nitrogens is 4. The van der Waals surface area contributed by atoms with E-state index in [2.05, 4.69) is 25.6 Å². The van der Waals surface area contributed by atoms with Gasteiger partial charge in [0.25, 0.3) is 5.91 Å². The number of aryl methyl sites for hydroxylation is 1. The molecule has 9 nitrogen and oxygen atoms in total. The van der Waals surface area contributed by atoms with Crippen LogP contribution in [0.25, 0.3) is 16.7 Å². The fourth-order valence-electron chi connectivity index (χ4n) is 4.00. The van der Waals surface area contributed by atoms with Gasteiger partial charge in [0.15, 0.2) is 11.4 Å². The van der Waals surface area contributed by atoms with Crippen molar-refractivity contribution in [1.82, 2.24) is 25.2 Å². The summed E-state index contributed by atoms with van der Waals surface area (Å²) in [7, 11) is 0. The largest absolute Gasteiger partial charge is 0.380 e. The first kappa shape index (κ1) is 20.6. The smallest absolute Gasteiger partial charge is 0.253 e. The first-order valence-corrected chi connectivity index (χ1v) is 10.7. The molecule has 4 aromatic rings. The third-order valence-corrected chi connectivity index (χ3v) is 6.45. The van der Waals surface area contributed by atoms with Gasteiger partial charge in [-0.1, -0.05) is 28.4 Å². The fourth-order valence-corrected chi connectivity index (χ4v) is 4.50. The Hall–Kier alpha value is -3.30. The molecule has 0 spiro atoms. The van der Waals surface area contributed by atoms with Gasteiger partial charge in [0.2, 0.25) is 0 Å². The summed E-state index contributed by atoms with van der Waals surface area (Å²) in [6.45, 7) is 3.26. The number of nitrogen functional groups attached to an aromatic ring is 1. The minimum atomic E-state index is -0.224. The average Bonchev–Trinajstić information content (AvgIpc) is 3.52. The van der Waals surface area contributed by atoms with Crippen LogP contribution in [0.4, 0.5) is 11.5 Å². The second-order valence-corrected chi connectivity index (χ2v) is 8.52. The lowest BCUT2D eigenvalue weighted by Gasteiger charge is -2.20. The topological polar surface area (TPSA) is 115 Å². The Morgan fingerprint density at radius 2 is 2.03 bits per heavy atom. The first-order valence-electron chi connectivity index (χ1n) is 9.96. The van der Waals surface area contributed by atoms with Gasteiger partial charge in [-0.15, -0.1) is 10.2 Å². The number of benzene rings is 2. The van der Waals surface area contributed by atoms with Crippen LogP contribution < -0.4 is 16.0 Å². The van der Waals surface area contributed by atoms with E-state index in [9.17, 15) is 4.79 Å². The van der Waals surface area contributed by atoms with Gasteiger partial charge < -0.3 is 20.5 Å². The summed E-state index contributed by atoms with van der Waals surface area (Å²) in [5.41, 5.74) is 9.43. The third-order valence-electron chi connectivity index (χ3n) is 5.65. The highest BCUT2D eigenvalue weighted by Crippen LogP contribution is 2.39. The van der Waals surface area contributed by atoms with Gasteiger partial charge in [-0.3, -0.25) is 9.36 Å². The van der Waals surface area contributed by atoms with E-state index in [0.717, 1.165) is 29.9 Å². The number of halogens is 2. The number of nitrogens with zero attached hydrogens (tertiary/aromatic N) is 5. The lowest BCUT2D eigenvalue weighted by molar-refractivity contribution is 0.0940. The molecule has 32 heavy (non-hydrogen) atoms. The molecule has 3 heterocycles. The molecule has 0 bridgehead atoms. The van der Waals surface area contributed by atoms with Crippen molar-refractivity contribution in [3.63, 3.8) is 0 Å². The first-order chi connectivity index (χ1) is 15.4. The van der Waals surface area contributed by atoms with Crippen molar-refractivity contribution in [3.05, 3.63) is 58.1 Å². The Morgan fingerprint density at radius 1 is 1.25 bits per heavy atom. The molecule has 0 radical (unpaired) electrons. The van der Waals surface area contributed by atoms with Crippen molar-refractivity contribution in [3.8, 4) is 5.69 Å². The predicted molar refractivity (Wildman–Crippen MR) is 123 cm³/mol. The minimum absolute atomic E-state index is 0.0533. The maximum atomic E-state index is 12.9. The molecule has 1 aliphatic rings. The maximum absolute atomic E-state index is 12.9. The number of nitrogens with two attached hydrogens (primary N) is 1. The van der Waals surface area contributed by atoms with E-state index in [1.165, 1.54) is 0 Å². The van der Waals surface area contributed by atoms with Gasteiger partial charge in [-0.2, -0.15) is 0 Å². The van der Waals surface area contributed by atoms with Crippen LogP contribution in [0.3, 0.4) is 0 Å². The summed E-state index contributed by atoms with van der Waals surface area (Å²) >= 11 is 12.8.